The van der Waals surface area contributed by atoms with Gasteiger partial charge in [0.25, 0.3) is 0 Å². The van der Waals surface area contributed by atoms with Crippen LogP contribution >= 0.6 is 19.2 Å². The number of hydrogen-bond donors (Lipinski definition) is 2. The monoisotopic (exact) mass is 440 g/mol. The number of anilines is 1. The van der Waals surface area contributed by atoms with Crippen LogP contribution < -0.4 is 9.84 Å². The van der Waals surface area contributed by atoms with Gasteiger partial charge < -0.3 is 14.9 Å². The Morgan fingerprint density at radius 2 is 2.00 bits per heavy atom. The zero-order valence-corrected chi connectivity index (χ0v) is 19.5. The topological polar surface area (TPSA) is 80.7 Å². The average Bonchev–Trinajstić information content (AvgIpc) is 2.63. The summed E-state index contributed by atoms with van der Waals surface area (Å²) in [7, 11) is -3.64. The van der Waals surface area contributed by atoms with E-state index in [-0.39, 0.29) is 17.8 Å². The third-order valence-electron chi connectivity index (χ3n) is 4.45. The van der Waals surface area contributed by atoms with E-state index in [1.807, 2.05) is 27.7 Å². The molecule has 0 fully saturated rings. The van der Waals surface area contributed by atoms with Crippen molar-refractivity contribution >= 4 is 25.0 Å². The highest BCUT2D eigenvalue weighted by atomic mass is 35.5. The number of aromatic nitrogens is 1. The Labute approximate surface area is 178 Å². The van der Waals surface area contributed by atoms with Crippen LogP contribution in [0.5, 0.6) is 11.5 Å². The summed E-state index contributed by atoms with van der Waals surface area (Å²) in [5, 5.41) is 14.0. The molecule has 1 aromatic heterocycles. The molecule has 1 aromatic carbocycles. The first kappa shape index (κ1) is 23.5. The number of pyridine rings is 1. The minimum Gasteiger partial charge on any atom is -0.507 e. The maximum absolute atomic E-state index is 13.7. The Hall–Kier alpha value is -1.75. The molecule has 6 nitrogen and oxygen atoms in total. The van der Waals surface area contributed by atoms with E-state index < -0.39 is 13.4 Å². The van der Waals surface area contributed by atoms with Crippen LogP contribution in [0, 0.1) is 6.92 Å². The number of phenolic OH excluding ortho intramolecular Hbond substituents is 1. The first-order chi connectivity index (χ1) is 13.5. The van der Waals surface area contributed by atoms with E-state index in [0.29, 0.717) is 34.1 Å². The molecule has 0 aliphatic carbocycles. The zero-order chi connectivity index (χ0) is 21.8. The Morgan fingerprint density at radius 1 is 1.31 bits per heavy atom. The Morgan fingerprint density at radius 3 is 2.55 bits per heavy atom. The third-order valence-corrected chi connectivity index (χ3v) is 7.10. The zero-order valence-electron chi connectivity index (χ0n) is 17.8. The molecule has 0 bridgehead atoms. The molecule has 0 amide bonds. The number of aromatic hydroxyl groups is 1. The van der Waals surface area contributed by atoms with E-state index in [9.17, 15) is 9.67 Å². The van der Waals surface area contributed by atoms with Gasteiger partial charge in [-0.25, -0.2) is 9.55 Å². The lowest BCUT2D eigenvalue weighted by Crippen LogP contribution is -2.24. The predicted molar refractivity (Wildman–Crippen MR) is 118 cm³/mol. The molecule has 29 heavy (non-hydrogen) atoms. The van der Waals surface area contributed by atoms with Gasteiger partial charge in [-0.15, -0.1) is 0 Å². The lowest BCUT2D eigenvalue weighted by atomic mass is 9.85. The van der Waals surface area contributed by atoms with Crippen molar-refractivity contribution in [2.24, 2.45) is 0 Å². The van der Waals surface area contributed by atoms with Gasteiger partial charge in [-0.3, -0.25) is 4.52 Å². The normalized spacial score (nSPS) is 14.9. The van der Waals surface area contributed by atoms with Gasteiger partial charge in [-0.2, -0.15) is 0 Å². The van der Waals surface area contributed by atoms with Crippen LogP contribution in [0.1, 0.15) is 52.2 Å². The molecular weight excluding hydrogens is 411 g/mol. The van der Waals surface area contributed by atoms with Gasteiger partial charge in [0.1, 0.15) is 23.1 Å². The third kappa shape index (κ3) is 5.65. The molecule has 0 saturated heterocycles. The molecule has 2 rings (SSSR count). The standard InChI is InChI=1S/C21H30ClN2O4P/c1-7-18(24-20-17(22)10-9-11-23-20)29(26,27-8-2)28-15-12-14(3)19(25)16(13-15)21(4,5)6/h9-13,18,25H,7-8H2,1-6H3,(H,23,24). The second kappa shape index (κ2) is 9.38. The first-order valence-corrected chi connectivity index (χ1v) is 11.7. The molecule has 2 atom stereocenters. The highest BCUT2D eigenvalue weighted by Gasteiger charge is 2.37. The van der Waals surface area contributed by atoms with Crippen molar-refractivity contribution in [3.05, 3.63) is 46.6 Å². The summed E-state index contributed by atoms with van der Waals surface area (Å²) >= 11 is 6.20. The summed E-state index contributed by atoms with van der Waals surface area (Å²) in [6.45, 7) is 11.6. The van der Waals surface area contributed by atoms with Crippen molar-refractivity contribution in [2.45, 2.75) is 59.2 Å². The lowest BCUT2D eigenvalue weighted by Gasteiger charge is -2.29. The van der Waals surface area contributed by atoms with Crippen molar-refractivity contribution < 1.29 is 18.7 Å². The summed E-state index contributed by atoms with van der Waals surface area (Å²) in [4.78, 5) is 4.21. The molecule has 2 aromatic rings. The number of halogens is 1. The average molecular weight is 441 g/mol. The summed E-state index contributed by atoms with van der Waals surface area (Å²) < 4.78 is 25.3. The molecule has 0 saturated carbocycles. The number of aryl methyl sites for hydroxylation is 1. The maximum atomic E-state index is 13.7. The second-order valence-electron chi connectivity index (χ2n) is 7.84. The fraction of sp³-hybridized carbons (Fsp3) is 0.476. The van der Waals surface area contributed by atoms with Gasteiger partial charge >= 0.3 is 7.60 Å². The molecule has 2 unspecified atom stereocenters. The van der Waals surface area contributed by atoms with Crippen molar-refractivity contribution in [3.8, 4) is 11.5 Å². The van der Waals surface area contributed by atoms with E-state index in [0.717, 1.165) is 0 Å². The predicted octanol–water partition coefficient (Wildman–Crippen LogP) is 6.50. The Kier molecular flexibility index (Phi) is 7.61. The van der Waals surface area contributed by atoms with Crippen molar-refractivity contribution in [2.75, 3.05) is 11.9 Å². The quantitative estimate of drug-likeness (QED) is 0.456. The fourth-order valence-corrected chi connectivity index (χ4v) is 4.95. The van der Waals surface area contributed by atoms with Crippen molar-refractivity contribution in [1.29, 1.82) is 0 Å². The van der Waals surface area contributed by atoms with Gasteiger partial charge in [0.05, 0.1) is 11.6 Å². The van der Waals surface area contributed by atoms with Gasteiger partial charge in [0, 0.05) is 11.8 Å². The second-order valence-corrected chi connectivity index (χ2v) is 10.4. The summed E-state index contributed by atoms with van der Waals surface area (Å²) in [5.41, 5.74) is 1.04. The largest absolute Gasteiger partial charge is 0.507 e. The molecule has 1 heterocycles. The van der Waals surface area contributed by atoms with Gasteiger partial charge in [0.15, 0.2) is 0 Å². The van der Waals surface area contributed by atoms with E-state index >= 15 is 0 Å². The van der Waals surface area contributed by atoms with Crippen molar-refractivity contribution in [3.63, 3.8) is 0 Å². The number of rotatable bonds is 8. The number of hydrogen-bond acceptors (Lipinski definition) is 6. The minimum atomic E-state index is -3.64. The molecule has 8 heteroatoms. The molecule has 0 radical (unpaired) electrons. The van der Waals surface area contributed by atoms with Crippen LogP contribution in [-0.2, 0) is 14.5 Å². The smallest absolute Gasteiger partial charge is 0.401 e. The Balaban J connectivity index is 2.43. The minimum absolute atomic E-state index is 0.210. The first-order valence-electron chi connectivity index (χ1n) is 9.66. The number of nitrogens with one attached hydrogen (secondary N) is 1. The Bertz CT molecular complexity index is 899. The van der Waals surface area contributed by atoms with E-state index in [4.69, 9.17) is 20.6 Å². The van der Waals surface area contributed by atoms with E-state index in [1.165, 1.54) is 0 Å². The van der Waals surface area contributed by atoms with Gasteiger partial charge in [-0.05, 0) is 55.5 Å². The molecule has 0 spiro atoms. The number of phenols is 1. The number of benzene rings is 1. The summed E-state index contributed by atoms with van der Waals surface area (Å²) in [5.74, 6) is 0.361. The highest BCUT2D eigenvalue weighted by molar-refractivity contribution is 7.55. The van der Waals surface area contributed by atoms with Crippen LogP contribution in [0.2, 0.25) is 5.02 Å². The molecule has 160 valence electrons. The van der Waals surface area contributed by atoms with Crippen LogP contribution in [0.15, 0.2) is 30.5 Å². The van der Waals surface area contributed by atoms with Gasteiger partial charge in [-0.1, -0.05) is 39.3 Å². The van der Waals surface area contributed by atoms with Crippen molar-refractivity contribution in [1.82, 2.24) is 4.98 Å². The SMILES string of the molecule is CCOP(=O)(Oc1cc(C)c(O)c(C(C)(C)C)c1)C(CC)Nc1ncccc1Cl. The molecule has 0 aliphatic heterocycles. The highest BCUT2D eigenvalue weighted by Crippen LogP contribution is 2.55. The lowest BCUT2D eigenvalue weighted by molar-refractivity contribution is 0.271. The van der Waals surface area contributed by atoms with E-state index in [1.54, 1.807) is 44.3 Å². The van der Waals surface area contributed by atoms with Crippen LogP contribution in [0.25, 0.3) is 0 Å². The number of nitrogens with zero attached hydrogens (tertiary/aromatic N) is 1. The molecule has 2 N–H and O–H groups in total. The van der Waals surface area contributed by atoms with Crippen LogP contribution in [0.3, 0.4) is 0 Å². The summed E-state index contributed by atoms with van der Waals surface area (Å²) in [6.07, 6.45) is 2.07. The molecular formula is C21H30ClN2O4P. The van der Waals surface area contributed by atoms with Gasteiger partial charge in [0.2, 0.25) is 0 Å². The van der Waals surface area contributed by atoms with E-state index in [2.05, 4.69) is 10.3 Å². The summed E-state index contributed by atoms with van der Waals surface area (Å²) in [6, 6.07) is 6.81. The van der Waals surface area contributed by atoms with Crippen LogP contribution in [-0.4, -0.2) is 22.5 Å². The fourth-order valence-electron chi connectivity index (χ4n) is 2.93. The maximum Gasteiger partial charge on any atom is 0.401 e. The molecule has 0 aliphatic rings. The van der Waals surface area contributed by atoms with Crippen LogP contribution in [0.4, 0.5) is 5.82 Å².